The summed E-state index contributed by atoms with van der Waals surface area (Å²) in [6.45, 7) is 2.73. The molecule has 0 saturated carbocycles. The highest BCUT2D eigenvalue weighted by atomic mass is 35.5. The number of anilines is 1. The quantitative estimate of drug-likeness (QED) is 0.495. The summed E-state index contributed by atoms with van der Waals surface area (Å²) in [6, 6.07) is 10.3. The SMILES string of the molecule is Cc1c(C(=O)Nc2ccc(=O)n(Cc3ccccc3Cl)c2)sc2nc3n(c(=O)c12)CCC3. The zero-order valence-corrected chi connectivity index (χ0v) is 18.8. The molecule has 4 heterocycles. The fourth-order valence-corrected chi connectivity index (χ4v) is 5.30. The molecule has 0 fully saturated rings. The Hall–Kier alpha value is -3.23. The maximum Gasteiger partial charge on any atom is 0.266 e. The number of nitrogens with one attached hydrogen (secondary N) is 1. The molecule has 1 N–H and O–H groups in total. The van der Waals surface area contributed by atoms with E-state index in [-0.39, 0.29) is 23.6 Å². The van der Waals surface area contributed by atoms with Gasteiger partial charge in [-0.3, -0.25) is 19.0 Å². The highest BCUT2D eigenvalue weighted by Crippen LogP contribution is 2.29. The van der Waals surface area contributed by atoms with E-state index >= 15 is 0 Å². The minimum Gasteiger partial charge on any atom is -0.320 e. The molecule has 1 amide bonds. The van der Waals surface area contributed by atoms with Crippen LogP contribution in [0.25, 0.3) is 10.2 Å². The maximum absolute atomic E-state index is 13.0. The van der Waals surface area contributed by atoms with Crippen molar-refractivity contribution in [3.05, 3.63) is 90.2 Å². The Labute approximate surface area is 191 Å². The van der Waals surface area contributed by atoms with Crippen LogP contribution in [0.4, 0.5) is 5.69 Å². The Morgan fingerprint density at radius 1 is 1.22 bits per heavy atom. The lowest BCUT2D eigenvalue weighted by atomic mass is 10.2. The third-order valence-electron chi connectivity index (χ3n) is 5.66. The fraction of sp³-hybridized carbons (Fsp3) is 0.217. The normalized spacial score (nSPS) is 12.8. The Balaban J connectivity index is 1.46. The van der Waals surface area contributed by atoms with Gasteiger partial charge in [0.1, 0.15) is 10.7 Å². The highest BCUT2D eigenvalue weighted by Gasteiger charge is 2.23. The molecular formula is C23H19ClN4O3S. The van der Waals surface area contributed by atoms with Crippen molar-refractivity contribution in [2.75, 3.05) is 5.32 Å². The molecule has 1 aliphatic rings. The molecule has 9 heteroatoms. The lowest BCUT2D eigenvalue weighted by molar-refractivity contribution is 0.103. The topological polar surface area (TPSA) is 86.0 Å². The third kappa shape index (κ3) is 3.55. The lowest BCUT2D eigenvalue weighted by Gasteiger charge is -2.10. The molecule has 0 spiro atoms. The molecule has 7 nitrogen and oxygen atoms in total. The minimum absolute atomic E-state index is 0.0800. The molecule has 32 heavy (non-hydrogen) atoms. The third-order valence-corrected chi connectivity index (χ3v) is 7.21. The van der Waals surface area contributed by atoms with E-state index in [1.54, 1.807) is 29.8 Å². The standard InChI is InChI=1S/C23H19ClN4O3S/c1-13-19-22(26-17-7-4-10-28(17)23(19)31)32-20(13)21(30)25-15-8-9-18(29)27(12-15)11-14-5-2-3-6-16(14)24/h2-3,5-6,8-9,12H,4,7,10-11H2,1H3,(H,25,30). The molecule has 0 aliphatic carbocycles. The van der Waals surface area contributed by atoms with E-state index in [0.717, 1.165) is 24.2 Å². The van der Waals surface area contributed by atoms with Crippen LogP contribution in [0, 0.1) is 6.92 Å². The monoisotopic (exact) mass is 466 g/mol. The number of halogens is 1. The van der Waals surface area contributed by atoms with Crippen LogP contribution in [-0.4, -0.2) is 20.0 Å². The average molecular weight is 467 g/mol. The van der Waals surface area contributed by atoms with Crippen LogP contribution < -0.4 is 16.4 Å². The molecule has 162 valence electrons. The lowest BCUT2D eigenvalue weighted by Crippen LogP contribution is -2.21. The van der Waals surface area contributed by atoms with Crippen molar-refractivity contribution in [2.45, 2.75) is 32.9 Å². The van der Waals surface area contributed by atoms with Gasteiger partial charge in [0, 0.05) is 30.3 Å². The first kappa shape index (κ1) is 20.7. The zero-order chi connectivity index (χ0) is 22.4. The molecule has 1 aromatic carbocycles. The van der Waals surface area contributed by atoms with E-state index in [1.807, 2.05) is 18.2 Å². The van der Waals surface area contributed by atoms with Gasteiger partial charge in [-0.1, -0.05) is 29.8 Å². The largest absolute Gasteiger partial charge is 0.320 e. The number of nitrogens with zero attached hydrogens (tertiary/aromatic N) is 3. The summed E-state index contributed by atoms with van der Waals surface area (Å²) >= 11 is 7.44. The number of rotatable bonds is 4. The summed E-state index contributed by atoms with van der Waals surface area (Å²) in [4.78, 5) is 43.9. The van der Waals surface area contributed by atoms with Crippen LogP contribution in [0.5, 0.6) is 0 Å². The van der Waals surface area contributed by atoms with Crippen molar-refractivity contribution in [2.24, 2.45) is 0 Å². The summed E-state index contributed by atoms with van der Waals surface area (Å²) in [5, 5.41) is 3.93. The fourth-order valence-electron chi connectivity index (χ4n) is 4.02. The molecule has 0 radical (unpaired) electrons. The molecule has 0 unspecified atom stereocenters. The van der Waals surface area contributed by atoms with Gasteiger partial charge in [-0.05, 0) is 36.6 Å². The Bertz CT molecular complexity index is 1500. The molecule has 0 atom stereocenters. The zero-order valence-electron chi connectivity index (χ0n) is 17.2. The van der Waals surface area contributed by atoms with Gasteiger partial charge in [-0.15, -0.1) is 11.3 Å². The van der Waals surface area contributed by atoms with Crippen LogP contribution in [0.2, 0.25) is 5.02 Å². The predicted molar refractivity (Wildman–Crippen MR) is 126 cm³/mol. The number of thiophene rings is 1. The second kappa shape index (κ2) is 8.03. The maximum atomic E-state index is 13.0. The molecule has 4 aromatic rings. The van der Waals surface area contributed by atoms with Gasteiger partial charge < -0.3 is 9.88 Å². The Kier molecular flexibility index (Phi) is 5.19. The van der Waals surface area contributed by atoms with E-state index in [0.29, 0.717) is 37.9 Å². The minimum atomic E-state index is -0.335. The molecular weight excluding hydrogens is 448 g/mol. The van der Waals surface area contributed by atoms with Gasteiger partial charge in [0.15, 0.2) is 0 Å². The smallest absolute Gasteiger partial charge is 0.266 e. The van der Waals surface area contributed by atoms with E-state index in [1.165, 1.54) is 22.0 Å². The number of carbonyl (C=O) groups is 1. The van der Waals surface area contributed by atoms with E-state index in [2.05, 4.69) is 10.3 Å². The Morgan fingerprint density at radius 2 is 2.03 bits per heavy atom. The Morgan fingerprint density at radius 3 is 2.84 bits per heavy atom. The summed E-state index contributed by atoms with van der Waals surface area (Å²) in [7, 11) is 0. The van der Waals surface area contributed by atoms with E-state index in [9.17, 15) is 14.4 Å². The number of pyridine rings is 1. The summed E-state index contributed by atoms with van der Waals surface area (Å²) in [6.07, 6.45) is 3.28. The van der Waals surface area contributed by atoms with Gasteiger partial charge in [-0.2, -0.15) is 0 Å². The average Bonchev–Trinajstić information content (AvgIpc) is 3.37. The second-order valence-electron chi connectivity index (χ2n) is 7.75. The van der Waals surface area contributed by atoms with Crippen LogP contribution >= 0.6 is 22.9 Å². The van der Waals surface area contributed by atoms with E-state index < -0.39 is 0 Å². The van der Waals surface area contributed by atoms with Crippen molar-refractivity contribution in [1.82, 2.24) is 14.1 Å². The number of hydrogen-bond acceptors (Lipinski definition) is 5. The molecule has 0 saturated heterocycles. The van der Waals surface area contributed by atoms with Crippen LogP contribution in [-0.2, 0) is 19.5 Å². The summed E-state index contributed by atoms with van der Waals surface area (Å²) in [5.74, 6) is 0.445. The van der Waals surface area contributed by atoms with Crippen LogP contribution in [0.15, 0.2) is 52.2 Å². The number of aromatic nitrogens is 3. The number of fused-ring (bicyclic) bond motifs is 2. The van der Waals surface area contributed by atoms with Crippen molar-refractivity contribution in [3.63, 3.8) is 0 Å². The van der Waals surface area contributed by atoms with Crippen molar-refractivity contribution in [1.29, 1.82) is 0 Å². The number of carbonyl (C=O) groups excluding carboxylic acids is 1. The van der Waals surface area contributed by atoms with Crippen molar-refractivity contribution < 1.29 is 4.79 Å². The van der Waals surface area contributed by atoms with Crippen LogP contribution in [0.1, 0.15) is 33.0 Å². The number of benzene rings is 1. The summed E-state index contributed by atoms with van der Waals surface area (Å²) in [5.41, 5.74) is 1.63. The first-order valence-electron chi connectivity index (χ1n) is 10.2. The first-order chi connectivity index (χ1) is 15.4. The summed E-state index contributed by atoms with van der Waals surface area (Å²) < 4.78 is 3.20. The molecule has 0 bridgehead atoms. The molecule has 3 aromatic heterocycles. The number of aryl methyl sites for hydroxylation is 2. The second-order valence-corrected chi connectivity index (χ2v) is 9.16. The predicted octanol–water partition coefficient (Wildman–Crippen LogP) is 3.83. The van der Waals surface area contributed by atoms with Crippen molar-refractivity contribution >= 4 is 44.7 Å². The van der Waals surface area contributed by atoms with Gasteiger partial charge in [0.25, 0.3) is 17.0 Å². The number of hydrogen-bond donors (Lipinski definition) is 1. The van der Waals surface area contributed by atoms with Crippen molar-refractivity contribution in [3.8, 4) is 0 Å². The van der Waals surface area contributed by atoms with Gasteiger partial charge in [-0.25, -0.2) is 4.98 Å². The van der Waals surface area contributed by atoms with Gasteiger partial charge in [0.2, 0.25) is 0 Å². The van der Waals surface area contributed by atoms with Crippen LogP contribution in [0.3, 0.4) is 0 Å². The van der Waals surface area contributed by atoms with Gasteiger partial charge in [0.05, 0.1) is 22.5 Å². The number of amides is 1. The molecule has 5 rings (SSSR count). The first-order valence-corrected chi connectivity index (χ1v) is 11.4. The molecule has 1 aliphatic heterocycles. The highest BCUT2D eigenvalue weighted by molar-refractivity contribution is 7.20. The van der Waals surface area contributed by atoms with E-state index in [4.69, 9.17) is 11.6 Å². The van der Waals surface area contributed by atoms with Gasteiger partial charge >= 0.3 is 0 Å².